The highest BCUT2D eigenvalue weighted by Crippen LogP contribution is 2.13. The first-order chi connectivity index (χ1) is 7.43. The van der Waals surface area contributed by atoms with Crippen molar-refractivity contribution in [3.63, 3.8) is 0 Å². The van der Waals surface area contributed by atoms with E-state index in [1.807, 2.05) is 6.92 Å². The van der Waals surface area contributed by atoms with Gasteiger partial charge in [-0.1, -0.05) is 6.07 Å². The van der Waals surface area contributed by atoms with E-state index in [-0.39, 0.29) is 4.90 Å². The highest BCUT2D eigenvalue weighted by molar-refractivity contribution is 7.89. The lowest BCUT2D eigenvalue weighted by Crippen LogP contribution is -2.28. The Balaban J connectivity index is 2.88. The van der Waals surface area contributed by atoms with Gasteiger partial charge in [-0.15, -0.1) is 0 Å². The summed E-state index contributed by atoms with van der Waals surface area (Å²) in [6.07, 6.45) is 0. The minimum absolute atomic E-state index is 0.0526. The number of anilines is 1. The Labute approximate surface area is 100 Å². The molecule has 0 saturated carbocycles. The second-order valence-corrected chi connectivity index (χ2v) is 5.03. The molecule has 0 aliphatic carbocycles. The summed E-state index contributed by atoms with van der Waals surface area (Å²) in [5.74, 6) is 0. The summed E-state index contributed by atoms with van der Waals surface area (Å²) in [6.45, 7) is 2.61. The second kappa shape index (κ2) is 5.24. The standard InChI is InChI=1S/C9H13N3O2S2/c1-2-11-9(15)12-7-4-3-5-8(6-7)16(10,13)14/h3-6H,2H2,1H3,(H2,10,13,14)(H2,11,12,15). The maximum absolute atomic E-state index is 11.1. The monoisotopic (exact) mass is 259 g/mol. The fourth-order valence-corrected chi connectivity index (χ4v) is 1.91. The number of nitrogens with one attached hydrogen (secondary N) is 2. The molecule has 0 bridgehead atoms. The molecule has 1 rings (SSSR count). The van der Waals surface area contributed by atoms with E-state index in [1.54, 1.807) is 12.1 Å². The van der Waals surface area contributed by atoms with Crippen LogP contribution in [0.15, 0.2) is 29.2 Å². The van der Waals surface area contributed by atoms with Crippen molar-refractivity contribution in [2.24, 2.45) is 5.14 Å². The molecule has 5 nitrogen and oxygen atoms in total. The van der Waals surface area contributed by atoms with Gasteiger partial charge in [0.1, 0.15) is 0 Å². The quantitative estimate of drug-likeness (QED) is 0.694. The van der Waals surface area contributed by atoms with Gasteiger partial charge >= 0.3 is 0 Å². The van der Waals surface area contributed by atoms with Crippen LogP contribution in [0.2, 0.25) is 0 Å². The lowest BCUT2D eigenvalue weighted by molar-refractivity contribution is 0.598. The molecule has 88 valence electrons. The third-order valence-electron chi connectivity index (χ3n) is 1.76. The molecule has 16 heavy (non-hydrogen) atoms. The second-order valence-electron chi connectivity index (χ2n) is 3.06. The van der Waals surface area contributed by atoms with Crippen molar-refractivity contribution in [1.29, 1.82) is 0 Å². The van der Waals surface area contributed by atoms with E-state index in [9.17, 15) is 8.42 Å². The van der Waals surface area contributed by atoms with E-state index < -0.39 is 10.0 Å². The molecule has 0 unspecified atom stereocenters. The van der Waals surface area contributed by atoms with Gasteiger partial charge in [-0.2, -0.15) is 0 Å². The lowest BCUT2D eigenvalue weighted by Gasteiger charge is -2.09. The van der Waals surface area contributed by atoms with E-state index in [0.717, 1.165) is 0 Å². The van der Waals surface area contributed by atoms with Crippen LogP contribution in [0.5, 0.6) is 0 Å². The Morgan fingerprint density at radius 1 is 1.50 bits per heavy atom. The average Bonchev–Trinajstić information content (AvgIpc) is 2.17. The van der Waals surface area contributed by atoms with Gasteiger partial charge in [0.2, 0.25) is 10.0 Å². The van der Waals surface area contributed by atoms with Crippen LogP contribution in [0.3, 0.4) is 0 Å². The summed E-state index contributed by atoms with van der Waals surface area (Å²) in [5, 5.41) is 11.2. The van der Waals surface area contributed by atoms with Crippen LogP contribution >= 0.6 is 12.2 Å². The number of primary sulfonamides is 1. The molecule has 4 N–H and O–H groups in total. The Bertz CT molecular complexity index is 485. The number of sulfonamides is 1. The van der Waals surface area contributed by atoms with Crippen LogP contribution in [-0.2, 0) is 10.0 Å². The number of nitrogens with two attached hydrogens (primary N) is 1. The van der Waals surface area contributed by atoms with E-state index in [0.29, 0.717) is 17.3 Å². The molecule has 1 aromatic rings. The molecule has 0 heterocycles. The molecule has 0 aliphatic rings. The summed E-state index contributed by atoms with van der Waals surface area (Å²) in [7, 11) is -3.68. The number of thiocarbonyl (C=S) groups is 1. The van der Waals surface area contributed by atoms with Gasteiger partial charge < -0.3 is 10.6 Å². The van der Waals surface area contributed by atoms with Crippen LogP contribution in [0, 0.1) is 0 Å². The normalized spacial score (nSPS) is 10.9. The molecular formula is C9H13N3O2S2. The van der Waals surface area contributed by atoms with Crippen LogP contribution in [0.4, 0.5) is 5.69 Å². The van der Waals surface area contributed by atoms with Gasteiger partial charge in [-0.05, 0) is 37.3 Å². The largest absolute Gasteiger partial charge is 0.363 e. The number of hydrogen-bond donors (Lipinski definition) is 3. The SMILES string of the molecule is CCNC(=S)Nc1cccc(S(N)(=O)=O)c1. The minimum atomic E-state index is -3.68. The minimum Gasteiger partial charge on any atom is -0.363 e. The van der Waals surface area contributed by atoms with E-state index in [2.05, 4.69) is 10.6 Å². The van der Waals surface area contributed by atoms with Crippen LogP contribution in [-0.4, -0.2) is 20.1 Å². The highest BCUT2D eigenvalue weighted by atomic mass is 32.2. The lowest BCUT2D eigenvalue weighted by atomic mass is 10.3. The fourth-order valence-electron chi connectivity index (χ4n) is 1.09. The van der Waals surface area contributed by atoms with Crippen molar-refractivity contribution in [2.75, 3.05) is 11.9 Å². The first kappa shape index (κ1) is 12.9. The van der Waals surface area contributed by atoms with E-state index >= 15 is 0 Å². The van der Waals surface area contributed by atoms with E-state index in [4.69, 9.17) is 17.4 Å². The summed E-state index contributed by atoms with van der Waals surface area (Å²) in [5.41, 5.74) is 0.581. The molecule has 0 atom stereocenters. The van der Waals surface area contributed by atoms with Gasteiger partial charge in [-0.25, -0.2) is 13.6 Å². The molecule has 0 amide bonds. The summed E-state index contributed by atoms with van der Waals surface area (Å²) in [6, 6.07) is 6.16. The predicted octanol–water partition coefficient (Wildman–Crippen LogP) is 0.640. The fraction of sp³-hybridized carbons (Fsp3) is 0.222. The van der Waals surface area contributed by atoms with Crippen molar-refractivity contribution in [1.82, 2.24) is 5.32 Å². The van der Waals surface area contributed by atoms with Crippen molar-refractivity contribution < 1.29 is 8.42 Å². The van der Waals surface area contributed by atoms with Crippen molar-refractivity contribution in [2.45, 2.75) is 11.8 Å². The Morgan fingerprint density at radius 2 is 2.19 bits per heavy atom. The number of benzene rings is 1. The maximum atomic E-state index is 11.1. The zero-order valence-electron chi connectivity index (χ0n) is 8.73. The summed E-state index contributed by atoms with van der Waals surface area (Å²) in [4.78, 5) is 0.0526. The Kier molecular flexibility index (Phi) is 4.22. The topological polar surface area (TPSA) is 84.2 Å². The van der Waals surface area contributed by atoms with Gasteiger partial charge in [-0.3, -0.25) is 0 Å². The molecule has 0 aromatic heterocycles. The average molecular weight is 259 g/mol. The third kappa shape index (κ3) is 3.76. The number of rotatable bonds is 3. The van der Waals surface area contributed by atoms with Crippen LogP contribution in [0.1, 0.15) is 6.92 Å². The zero-order chi connectivity index (χ0) is 12.2. The van der Waals surface area contributed by atoms with Gasteiger partial charge in [0, 0.05) is 12.2 Å². The molecule has 0 fully saturated rings. The smallest absolute Gasteiger partial charge is 0.238 e. The molecule has 0 spiro atoms. The maximum Gasteiger partial charge on any atom is 0.238 e. The van der Waals surface area contributed by atoms with Crippen LogP contribution in [0.25, 0.3) is 0 Å². The van der Waals surface area contributed by atoms with Crippen molar-refractivity contribution >= 4 is 33.0 Å². The Hall–Kier alpha value is -1.18. The summed E-state index contributed by atoms with van der Waals surface area (Å²) >= 11 is 4.97. The third-order valence-corrected chi connectivity index (χ3v) is 2.92. The predicted molar refractivity (Wildman–Crippen MR) is 67.7 cm³/mol. The molecule has 0 radical (unpaired) electrons. The molecule has 0 aliphatic heterocycles. The Morgan fingerprint density at radius 3 is 2.75 bits per heavy atom. The molecular weight excluding hydrogens is 246 g/mol. The van der Waals surface area contributed by atoms with Crippen LogP contribution < -0.4 is 15.8 Å². The first-order valence-corrected chi connectivity index (χ1v) is 6.56. The molecule has 1 aromatic carbocycles. The molecule has 0 saturated heterocycles. The van der Waals surface area contributed by atoms with E-state index in [1.165, 1.54) is 12.1 Å². The van der Waals surface area contributed by atoms with Gasteiger partial charge in [0.25, 0.3) is 0 Å². The highest BCUT2D eigenvalue weighted by Gasteiger charge is 2.07. The zero-order valence-corrected chi connectivity index (χ0v) is 10.4. The molecule has 7 heteroatoms. The van der Waals surface area contributed by atoms with Crippen molar-refractivity contribution in [3.05, 3.63) is 24.3 Å². The van der Waals surface area contributed by atoms with Gasteiger partial charge in [0.05, 0.1) is 4.90 Å². The van der Waals surface area contributed by atoms with Gasteiger partial charge in [0.15, 0.2) is 5.11 Å². The first-order valence-electron chi connectivity index (χ1n) is 4.61. The number of hydrogen-bond acceptors (Lipinski definition) is 3. The summed E-state index contributed by atoms with van der Waals surface area (Å²) < 4.78 is 22.2. The van der Waals surface area contributed by atoms with Crippen molar-refractivity contribution in [3.8, 4) is 0 Å².